The van der Waals surface area contributed by atoms with Gasteiger partial charge in [0.05, 0.1) is 33.0 Å². The molecule has 0 aliphatic rings. The first kappa shape index (κ1) is 21.5. The van der Waals surface area contributed by atoms with E-state index in [0.29, 0.717) is 27.2 Å². The summed E-state index contributed by atoms with van der Waals surface area (Å²) in [4.78, 5) is 11.1. The molecule has 0 amide bonds. The first-order valence-electron chi connectivity index (χ1n) is 8.89. The number of nitrogens with zero attached hydrogens (tertiary/aromatic N) is 2. The third kappa shape index (κ3) is 5.24. The lowest BCUT2D eigenvalue weighted by Crippen LogP contribution is -2.12. The summed E-state index contributed by atoms with van der Waals surface area (Å²) in [5, 5.41) is 14.9. The van der Waals surface area contributed by atoms with Gasteiger partial charge in [0.2, 0.25) is 0 Å². The van der Waals surface area contributed by atoms with Gasteiger partial charge in [-0.25, -0.2) is 4.68 Å². The van der Waals surface area contributed by atoms with Gasteiger partial charge >= 0.3 is 5.97 Å². The average Bonchev–Trinajstić information content (AvgIpc) is 3.02. The fourth-order valence-electron chi connectivity index (χ4n) is 2.92. The van der Waals surface area contributed by atoms with Crippen LogP contribution in [-0.4, -0.2) is 20.9 Å². The number of hydrogen-bond acceptors (Lipinski definition) is 3. The molecule has 1 heterocycles. The summed E-state index contributed by atoms with van der Waals surface area (Å²) in [5.41, 5.74) is 3.26. The van der Waals surface area contributed by atoms with Crippen LogP contribution in [0, 0.1) is 12.8 Å². The third-order valence-corrected chi connectivity index (χ3v) is 5.18. The van der Waals surface area contributed by atoms with Crippen molar-refractivity contribution in [2.24, 2.45) is 5.92 Å². The normalized spacial score (nSPS) is 12.0. The largest absolute Gasteiger partial charge is 0.484 e. The van der Waals surface area contributed by atoms with Crippen molar-refractivity contribution in [3.8, 4) is 11.4 Å². The Morgan fingerprint density at radius 2 is 1.76 bits per heavy atom. The molecule has 0 saturated carbocycles. The molecule has 0 aliphatic carbocycles. The molecular formula is C21H19Cl3N2O3. The van der Waals surface area contributed by atoms with E-state index in [1.807, 2.05) is 25.1 Å². The minimum absolute atomic E-state index is 0.202. The molecule has 0 aliphatic heterocycles. The lowest BCUT2D eigenvalue weighted by molar-refractivity contribution is -0.141. The van der Waals surface area contributed by atoms with Crippen molar-refractivity contribution in [3.05, 3.63) is 74.5 Å². The molecule has 0 radical (unpaired) electrons. The van der Waals surface area contributed by atoms with Crippen LogP contribution in [0.15, 0.2) is 42.5 Å². The molecule has 0 spiro atoms. The lowest BCUT2D eigenvalue weighted by atomic mass is 10.0. The van der Waals surface area contributed by atoms with Crippen LogP contribution in [0.2, 0.25) is 15.1 Å². The van der Waals surface area contributed by atoms with E-state index >= 15 is 0 Å². The molecule has 29 heavy (non-hydrogen) atoms. The number of hydrogen-bond donors (Lipinski definition) is 1. The van der Waals surface area contributed by atoms with Crippen molar-refractivity contribution >= 4 is 40.8 Å². The summed E-state index contributed by atoms with van der Waals surface area (Å²) < 4.78 is 7.67. The van der Waals surface area contributed by atoms with Crippen LogP contribution in [-0.2, 0) is 17.8 Å². The van der Waals surface area contributed by atoms with Gasteiger partial charge in [-0.05, 0) is 61.4 Å². The van der Waals surface area contributed by atoms with E-state index in [0.717, 1.165) is 22.6 Å². The molecule has 0 saturated heterocycles. The quantitative estimate of drug-likeness (QED) is 0.478. The number of aryl methyl sites for hydroxylation is 1. The second-order valence-electron chi connectivity index (χ2n) is 6.79. The minimum Gasteiger partial charge on any atom is -0.484 e. The van der Waals surface area contributed by atoms with Crippen LogP contribution in [0.1, 0.15) is 23.9 Å². The number of rotatable bonds is 7. The van der Waals surface area contributed by atoms with Gasteiger partial charge in [-0.15, -0.1) is 0 Å². The summed E-state index contributed by atoms with van der Waals surface area (Å²) in [6, 6.07) is 12.6. The van der Waals surface area contributed by atoms with Crippen LogP contribution in [0.4, 0.5) is 0 Å². The molecule has 1 unspecified atom stereocenters. The van der Waals surface area contributed by atoms with E-state index < -0.39 is 11.9 Å². The molecule has 1 aromatic heterocycles. The van der Waals surface area contributed by atoms with Gasteiger partial charge in [0.15, 0.2) is 5.75 Å². The predicted octanol–water partition coefficient (Wildman–Crippen LogP) is 5.98. The number of aliphatic carboxylic acids is 1. The van der Waals surface area contributed by atoms with Gasteiger partial charge in [0.1, 0.15) is 6.61 Å². The Hall–Kier alpha value is -2.21. The Morgan fingerprint density at radius 1 is 1.14 bits per heavy atom. The molecule has 1 atom stereocenters. The van der Waals surface area contributed by atoms with E-state index in [2.05, 4.69) is 5.10 Å². The first-order chi connectivity index (χ1) is 13.7. The molecule has 3 aromatic rings. The van der Waals surface area contributed by atoms with Crippen LogP contribution < -0.4 is 4.74 Å². The van der Waals surface area contributed by atoms with Gasteiger partial charge < -0.3 is 9.84 Å². The highest BCUT2D eigenvalue weighted by molar-refractivity contribution is 6.37. The van der Waals surface area contributed by atoms with E-state index in [4.69, 9.17) is 44.6 Å². The lowest BCUT2D eigenvalue weighted by Gasteiger charge is -2.14. The number of halogens is 3. The zero-order chi connectivity index (χ0) is 21.1. The number of ether oxygens (including phenoxy) is 1. The van der Waals surface area contributed by atoms with E-state index in [1.54, 1.807) is 35.9 Å². The highest BCUT2D eigenvalue weighted by Crippen LogP contribution is 2.35. The maximum atomic E-state index is 11.1. The number of benzene rings is 2. The van der Waals surface area contributed by atoms with Gasteiger partial charge in [-0.3, -0.25) is 4.79 Å². The second-order valence-corrected chi connectivity index (χ2v) is 8.04. The SMILES string of the molecule is Cc1cc(COc2c(Cl)cc(CC(C)C(=O)O)cc2Cl)n(-c2ccc(Cl)cc2)n1. The fraction of sp³-hybridized carbons (Fsp3) is 0.238. The molecule has 0 bridgehead atoms. The minimum atomic E-state index is -0.872. The number of aromatic nitrogens is 2. The molecular weight excluding hydrogens is 435 g/mol. The summed E-state index contributed by atoms with van der Waals surface area (Å²) >= 11 is 18.7. The van der Waals surface area contributed by atoms with Crippen molar-refractivity contribution in [3.63, 3.8) is 0 Å². The number of carbonyl (C=O) groups is 1. The Labute approximate surface area is 183 Å². The van der Waals surface area contributed by atoms with Gasteiger partial charge in [-0.1, -0.05) is 41.7 Å². The van der Waals surface area contributed by atoms with Crippen LogP contribution in [0.3, 0.4) is 0 Å². The van der Waals surface area contributed by atoms with Gasteiger partial charge in [0.25, 0.3) is 0 Å². The summed E-state index contributed by atoms with van der Waals surface area (Å²) in [7, 11) is 0. The van der Waals surface area contributed by atoms with E-state index in [1.165, 1.54) is 0 Å². The molecule has 5 nitrogen and oxygen atoms in total. The topological polar surface area (TPSA) is 64.3 Å². The van der Waals surface area contributed by atoms with Crippen LogP contribution in [0.5, 0.6) is 5.75 Å². The molecule has 1 N–H and O–H groups in total. The highest BCUT2D eigenvalue weighted by Gasteiger charge is 2.16. The molecule has 152 valence electrons. The zero-order valence-corrected chi connectivity index (χ0v) is 18.1. The molecule has 3 rings (SSSR count). The van der Waals surface area contributed by atoms with Crippen LogP contribution in [0.25, 0.3) is 5.69 Å². The smallest absolute Gasteiger partial charge is 0.306 e. The summed E-state index contributed by atoms with van der Waals surface area (Å²) in [5.74, 6) is -1.06. The third-order valence-electron chi connectivity index (χ3n) is 4.36. The van der Waals surface area contributed by atoms with Gasteiger partial charge in [-0.2, -0.15) is 5.10 Å². The summed E-state index contributed by atoms with van der Waals surface area (Å²) in [6.07, 6.45) is 0.331. The van der Waals surface area contributed by atoms with Crippen LogP contribution >= 0.6 is 34.8 Å². The maximum Gasteiger partial charge on any atom is 0.306 e. The monoisotopic (exact) mass is 452 g/mol. The molecule has 2 aromatic carbocycles. The first-order valence-corrected chi connectivity index (χ1v) is 10.0. The molecule has 8 heteroatoms. The van der Waals surface area contributed by atoms with E-state index in [-0.39, 0.29) is 6.61 Å². The Bertz CT molecular complexity index is 1010. The van der Waals surface area contributed by atoms with Gasteiger partial charge in [0, 0.05) is 5.02 Å². The molecule has 0 fully saturated rings. The Balaban J connectivity index is 1.80. The van der Waals surface area contributed by atoms with Crippen molar-refractivity contribution in [1.29, 1.82) is 0 Å². The van der Waals surface area contributed by atoms with E-state index in [9.17, 15) is 4.79 Å². The predicted molar refractivity (Wildman–Crippen MR) is 115 cm³/mol. The Kier molecular flexibility index (Phi) is 6.73. The van der Waals surface area contributed by atoms with Crippen molar-refractivity contribution in [2.75, 3.05) is 0 Å². The standard InChI is InChI=1S/C21H19Cl3N2O3/c1-12(21(27)28)7-14-9-18(23)20(19(24)10-14)29-11-17-8-13(2)25-26(17)16-5-3-15(22)4-6-16/h3-6,8-10,12H,7,11H2,1-2H3,(H,27,28). The maximum absolute atomic E-state index is 11.1. The highest BCUT2D eigenvalue weighted by atomic mass is 35.5. The number of carboxylic acid groups (broad SMARTS) is 1. The summed E-state index contributed by atoms with van der Waals surface area (Å²) in [6.45, 7) is 3.73. The van der Waals surface area contributed by atoms with Crippen molar-refractivity contribution in [2.45, 2.75) is 26.9 Å². The number of carboxylic acids is 1. The zero-order valence-electron chi connectivity index (χ0n) is 15.8. The fourth-order valence-corrected chi connectivity index (χ4v) is 3.68. The van der Waals surface area contributed by atoms with Crippen molar-refractivity contribution in [1.82, 2.24) is 9.78 Å². The average molecular weight is 454 g/mol. The van der Waals surface area contributed by atoms with Crippen molar-refractivity contribution < 1.29 is 14.6 Å². The Morgan fingerprint density at radius 3 is 2.34 bits per heavy atom. The second kappa shape index (κ2) is 9.08.